The molecule has 1 aromatic carbocycles. The van der Waals surface area contributed by atoms with E-state index in [2.05, 4.69) is 10.1 Å². The zero-order valence-corrected chi connectivity index (χ0v) is 10.8. The lowest BCUT2D eigenvalue weighted by Crippen LogP contribution is -2.11. The Morgan fingerprint density at radius 2 is 2.33 bits per heavy atom. The first kappa shape index (κ1) is 13.0. The summed E-state index contributed by atoms with van der Waals surface area (Å²) in [5, 5.41) is 3.82. The largest absolute Gasteiger partial charge is 0.337 e. The van der Waals surface area contributed by atoms with Crippen LogP contribution in [0, 0.1) is 5.82 Å². The third-order valence-corrected chi connectivity index (χ3v) is 3.12. The van der Waals surface area contributed by atoms with Crippen molar-refractivity contribution in [3.63, 3.8) is 0 Å². The summed E-state index contributed by atoms with van der Waals surface area (Å²) in [6.45, 7) is 0. The van der Waals surface area contributed by atoms with Crippen LogP contribution in [0.15, 0.2) is 28.8 Å². The quantitative estimate of drug-likeness (QED) is 0.902. The second kappa shape index (κ2) is 5.97. The molecule has 0 aliphatic carbocycles. The highest BCUT2D eigenvalue weighted by Gasteiger charge is 2.15. The Bertz CT molecular complexity index is 518. The monoisotopic (exact) mass is 267 g/mol. The first-order valence-corrected chi connectivity index (χ1v) is 6.94. The van der Waals surface area contributed by atoms with E-state index in [1.807, 2.05) is 6.26 Å². The molecule has 1 aromatic heterocycles. The van der Waals surface area contributed by atoms with Crippen molar-refractivity contribution in [3.05, 3.63) is 36.0 Å². The van der Waals surface area contributed by atoms with Crippen LogP contribution in [0.2, 0.25) is 0 Å². The molecule has 0 spiro atoms. The van der Waals surface area contributed by atoms with Gasteiger partial charge < -0.3 is 10.3 Å². The van der Waals surface area contributed by atoms with Crippen molar-refractivity contribution in [2.75, 3.05) is 12.0 Å². The Labute approximate surface area is 109 Å². The van der Waals surface area contributed by atoms with Crippen molar-refractivity contribution >= 4 is 11.8 Å². The van der Waals surface area contributed by atoms with Gasteiger partial charge in [-0.25, -0.2) is 4.39 Å². The normalized spacial score (nSPS) is 12.6. The molecule has 6 heteroatoms. The molecule has 2 rings (SSSR count). The molecular weight excluding hydrogens is 253 g/mol. The molecule has 0 radical (unpaired) electrons. The molecule has 2 aromatic rings. The highest BCUT2D eigenvalue weighted by atomic mass is 32.2. The minimum atomic E-state index is -0.328. The van der Waals surface area contributed by atoms with Crippen molar-refractivity contribution in [3.8, 4) is 11.4 Å². The lowest BCUT2D eigenvalue weighted by Gasteiger charge is -2.03. The number of halogens is 1. The van der Waals surface area contributed by atoms with E-state index in [-0.39, 0.29) is 11.9 Å². The van der Waals surface area contributed by atoms with Crippen LogP contribution in [0.5, 0.6) is 0 Å². The van der Waals surface area contributed by atoms with Crippen LogP contribution >= 0.6 is 11.8 Å². The van der Waals surface area contributed by atoms with Gasteiger partial charge in [0, 0.05) is 5.56 Å². The van der Waals surface area contributed by atoms with Gasteiger partial charge in [-0.15, -0.1) is 0 Å². The third-order valence-electron chi connectivity index (χ3n) is 2.47. The second-order valence-corrected chi connectivity index (χ2v) is 4.84. The maximum Gasteiger partial charge on any atom is 0.243 e. The third kappa shape index (κ3) is 3.08. The van der Waals surface area contributed by atoms with Gasteiger partial charge in [0.25, 0.3) is 0 Å². The molecule has 0 amide bonds. The molecule has 1 heterocycles. The summed E-state index contributed by atoms with van der Waals surface area (Å²) in [7, 11) is 0. The Morgan fingerprint density at radius 1 is 1.50 bits per heavy atom. The van der Waals surface area contributed by atoms with Crippen LogP contribution in [0.3, 0.4) is 0 Å². The van der Waals surface area contributed by atoms with Gasteiger partial charge in [0.2, 0.25) is 11.7 Å². The van der Waals surface area contributed by atoms with Crippen molar-refractivity contribution < 1.29 is 8.91 Å². The lowest BCUT2D eigenvalue weighted by atomic mass is 10.2. The van der Waals surface area contributed by atoms with Gasteiger partial charge in [-0.2, -0.15) is 16.7 Å². The van der Waals surface area contributed by atoms with Crippen LogP contribution in [-0.2, 0) is 0 Å². The van der Waals surface area contributed by atoms with Crippen molar-refractivity contribution in [2.45, 2.75) is 12.5 Å². The maximum atomic E-state index is 13.1. The smallest absolute Gasteiger partial charge is 0.243 e. The van der Waals surface area contributed by atoms with Gasteiger partial charge >= 0.3 is 0 Å². The van der Waals surface area contributed by atoms with Gasteiger partial charge in [-0.05, 0) is 30.6 Å². The minimum Gasteiger partial charge on any atom is -0.337 e. The van der Waals surface area contributed by atoms with Crippen molar-refractivity contribution in [2.24, 2.45) is 5.73 Å². The average molecular weight is 267 g/mol. The number of hydrogen-bond donors (Lipinski definition) is 1. The number of aromatic nitrogens is 2. The van der Waals surface area contributed by atoms with E-state index in [1.54, 1.807) is 23.9 Å². The fraction of sp³-hybridized carbons (Fsp3) is 0.333. The highest BCUT2D eigenvalue weighted by molar-refractivity contribution is 7.98. The van der Waals surface area contributed by atoms with E-state index in [0.717, 1.165) is 12.2 Å². The first-order chi connectivity index (χ1) is 8.70. The van der Waals surface area contributed by atoms with Crippen LogP contribution < -0.4 is 5.73 Å². The number of nitrogens with two attached hydrogens (primary N) is 1. The molecule has 4 nitrogen and oxygen atoms in total. The molecule has 0 aliphatic rings. The van der Waals surface area contributed by atoms with Crippen LogP contribution in [0.1, 0.15) is 18.4 Å². The molecule has 0 saturated heterocycles. The minimum absolute atomic E-state index is 0.271. The van der Waals surface area contributed by atoms with E-state index in [1.165, 1.54) is 12.1 Å². The summed E-state index contributed by atoms with van der Waals surface area (Å²) in [4.78, 5) is 4.20. The van der Waals surface area contributed by atoms with Crippen LogP contribution in [-0.4, -0.2) is 22.1 Å². The highest BCUT2D eigenvalue weighted by Crippen LogP contribution is 2.20. The van der Waals surface area contributed by atoms with Crippen LogP contribution in [0.4, 0.5) is 4.39 Å². The summed E-state index contributed by atoms with van der Waals surface area (Å²) in [6.07, 6.45) is 2.78. The molecule has 0 bridgehead atoms. The molecule has 0 saturated carbocycles. The Morgan fingerprint density at radius 3 is 3.06 bits per heavy atom. The zero-order valence-electron chi connectivity index (χ0n) is 9.97. The summed E-state index contributed by atoms with van der Waals surface area (Å²) in [5.74, 6) is 1.36. The predicted molar refractivity (Wildman–Crippen MR) is 69.6 cm³/mol. The number of rotatable bonds is 5. The molecule has 0 aliphatic heterocycles. The Hall–Kier alpha value is -1.40. The summed E-state index contributed by atoms with van der Waals surface area (Å²) >= 11 is 1.71. The van der Waals surface area contributed by atoms with E-state index in [0.29, 0.717) is 17.3 Å². The molecular formula is C12H14FN3OS. The van der Waals surface area contributed by atoms with Gasteiger partial charge in [0.1, 0.15) is 5.82 Å². The average Bonchev–Trinajstić information content (AvgIpc) is 2.85. The molecule has 1 atom stereocenters. The molecule has 18 heavy (non-hydrogen) atoms. The first-order valence-electron chi connectivity index (χ1n) is 5.55. The molecule has 2 N–H and O–H groups in total. The SMILES string of the molecule is CSCC[C@@H](N)c1nc(-c2cccc(F)c2)no1. The van der Waals surface area contributed by atoms with Gasteiger partial charge in [-0.1, -0.05) is 17.3 Å². The van der Waals surface area contributed by atoms with Gasteiger partial charge in [-0.3, -0.25) is 0 Å². The summed E-state index contributed by atoms with van der Waals surface area (Å²) in [5.41, 5.74) is 6.50. The van der Waals surface area contributed by atoms with E-state index >= 15 is 0 Å². The summed E-state index contributed by atoms with van der Waals surface area (Å²) < 4.78 is 18.2. The fourth-order valence-corrected chi connectivity index (χ4v) is 1.99. The number of hydrogen-bond acceptors (Lipinski definition) is 5. The molecule has 96 valence electrons. The fourth-order valence-electron chi connectivity index (χ4n) is 1.50. The lowest BCUT2D eigenvalue weighted by molar-refractivity contribution is 0.353. The van der Waals surface area contributed by atoms with E-state index in [9.17, 15) is 4.39 Å². The second-order valence-electron chi connectivity index (χ2n) is 3.85. The van der Waals surface area contributed by atoms with E-state index < -0.39 is 0 Å². The van der Waals surface area contributed by atoms with Gasteiger partial charge in [0.15, 0.2) is 0 Å². The topological polar surface area (TPSA) is 64.9 Å². The van der Waals surface area contributed by atoms with Crippen LogP contribution in [0.25, 0.3) is 11.4 Å². The molecule has 0 fully saturated rings. The number of nitrogens with zero attached hydrogens (tertiary/aromatic N) is 2. The maximum absolute atomic E-state index is 13.1. The number of benzene rings is 1. The Balaban J connectivity index is 2.15. The van der Waals surface area contributed by atoms with E-state index in [4.69, 9.17) is 10.3 Å². The zero-order chi connectivity index (χ0) is 13.0. The molecule has 0 unspecified atom stereocenters. The van der Waals surface area contributed by atoms with Crippen molar-refractivity contribution in [1.29, 1.82) is 0 Å². The standard InChI is InChI=1S/C12H14FN3OS/c1-18-6-5-10(14)12-15-11(16-17-12)8-3-2-4-9(13)7-8/h2-4,7,10H,5-6,14H2,1H3/t10-/m1/s1. The van der Waals surface area contributed by atoms with Crippen molar-refractivity contribution in [1.82, 2.24) is 10.1 Å². The Kier molecular flexibility index (Phi) is 4.33. The van der Waals surface area contributed by atoms with Gasteiger partial charge in [0.05, 0.1) is 6.04 Å². The number of thioether (sulfide) groups is 1. The predicted octanol–water partition coefficient (Wildman–Crippen LogP) is 2.63. The summed E-state index contributed by atoms with van der Waals surface area (Å²) in [6, 6.07) is 5.79.